The van der Waals surface area contributed by atoms with Crippen molar-refractivity contribution in [2.24, 2.45) is 10.2 Å². The van der Waals surface area contributed by atoms with E-state index in [2.05, 4.69) is 21.5 Å². The van der Waals surface area contributed by atoms with E-state index in [1.54, 1.807) is 37.3 Å². The Bertz CT molecular complexity index is 802. The molecule has 0 aliphatic carbocycles. The lowest BCUT2D eigenvalue weighted by Gasteiger charge is -2.19. The van der Waals surface area contributed by atoms with Gasteiger partial charge in [0, 0.05) is 50.4 Å². The zero-order valence-corrected chi connectivity index (χ0v) is 16.1. The fraction of sp³-hybridized carbons (Fsp3) is 0.500. The topological polar surface area (TPSA) is 92.6 Å². The van der Waals surface area contributed by atoms with Gasteiger partial charge in [0.25, 0.3) is 0 Å². The van der Waals surface area contributed by atoms with Crippen molar-refractivity contribution in [3.05, 3.63) is 18.2 Å². The van der Waals surface area contributed by atoms with Crippen LogP contribution in [-0.4, -0.2) is 44.3 Å². The van der Waals surface area contributed by atoms with Crippen molar-refractivity contribution in [2.75, 3.05) is 25.7 Å². The van der Waals surface area contributed by atoms with E-state index in [1.165, 1.54) is 0 Å². The van der Waals surface area contributed by atoms with Crippen LogP contribution < -0.4 is 19.7 Å². The van der Waals surface area contributed by atoms with E-state index in [0.29, 0.717) is 49.4 Å². The molecule has 0 spiro atoms. The van der Waals surface area contributed by atoms with E-state index in [0.717, 1.165) is 0 Å². The molecule has 3 rings (SSSR count). The lowest BCUT2D eigenvalue weighted by molar-refractivity contribution is -0.126. The second-order valence-electron chi connectivity index (χ2n) is 6.86. The summed E-state index contributed by atoms with van der Waals surface area (Å²) < 4.78 is 10.5. The highest BCUT2D eigenvalue weighted by Crippen LogP contribution is 2.37. The number of carbonyl (C=O) groups excluding carboxylic acids is 2. The van der Waals surface area contributed by atoms with E-state index in [-0.39, 0.29) is 18.2 Å². The minimum absolute atomic E-state index is 0.147. The Morgan fingerprint density at radius 1 is 1.29 bits per heavy atom. The van der Waals surface area contributed by atoms with E-state index < -0.39 is 11.7 Å². The molecule has 8 heteroatoms. The predicted molar refractivity (Wildman–Crippen MR) is 103 cm³/mol. The number of hydrogen-bond acceptors (Lipinski definition) is 6. The van der Waals surface area contributed by atoms with Gasteiger partial charge in [0.15, 0.2) is 5.66 Å². The van der Waals surface area contributed by atoms with Crippen LogP contribution in [0.1, 0.15) is 32.1 Å². The van der Waals surface area contributed by atoms with Gasteiger partial charge in [0.2, 0.25) is 11.8 Å². The summed E-state index contributed by atoms with van der Waals surface area (Å²) in [5.74, 6) is 3.44. The van der Waals surface area contributed by atoms with Crippen LogP contribution in [0.25, 0.3) is 0 Å². The van der Waals surface area contributed by atoms with Crippen LogP contribution in [0.15, 0.2) is 28.4 Å². The third kappa shape index (κ3) is 4.42. The number of methoxy groups -OCH3 is 2. The predicted octanol–water partition coefficient (Wildman–Crippen LogP) is 2.28. The molecule has 1 aromatic carbocycles. The van der Waals surface area contributed by atoms with E-state index >= 15 is 0 Å². The average Bonchev–Trinajstić information content (AvgIpc) is 3.41. The lowest BCUT2D eigenvalue weighted by atomic mass is 10.0. The summed E-state index contributed by atoms with van der Waals surface area (Å²) in [5.41, 5.74) is 0.189. The lowest BCUT2D eigenvalue weighted by Crippen LogP contribution is -2.41. The number of carbonyl (C=O) groups is 2. The van der Waals surface area contributed by atoms with Gasteiger partial charge in [0.05, 0.1) is 19.9 Å². The second kappa shape index (κ2) is 8.30. The molecule has 2 heterocycles. The van der Waals surface area contributed by atoms with Crippen LogP contribution in [0.3, 0.4) is 0 Å². The second-order valence-corrected chi connectivity index (χ2v) is 6.86. The molecule has 0 bridgehead atoms. The fourth-order valence-electron chi connectivity index (χ4n) is 3.27. The summed E-state index contributed by atoms with van der Waals surface area (Å²) in [6.45, 7) is 0.511. The number of terminal acetylenes is 1. The van der Waals surface area contributed by atoms with Crippen molar-refractivity contribution in [3.63, 3.8) is 0 Å². The number of nitrogens with one attached hydrogen (secondary N) is 1. The maximum Gasteiger partial charge on any atom is 0.249 e. The molecule has 148 valence electrons. The first-order valence-electron chi connectivity index (χ1n) is 9.21. The molecule has 2 aliphatic heterocycles. The highest BCUT2D eigenvalue weighted by Gasteiger charge is 2.40. The number of ether oxygens (including phenoxy) is 2. The first kappa shape index (κ1) is 19.7. The highest BCUT2D eigenvalue weighted by atomic mass is 16.5. The van der Waals surface area contributed by atoms with Crippen molar-refractivity contribution in [2.45, 2.75) is 43.8 Å². The van der Waals surface area contributed by atoms with Gasteiger partial charge < -0.3 is 19.7 Å². The van der Waals surface area contributed by atoms with Crippen molar-refractivity contribution in [3.8, 4) is 23.8 Å². The molecule has 1 N–H and O–H groups in total. The molecule has 28 heavy (non-hydrogen) atoms. The zero-order chi connectivity index (χ0) is 20.1. The minimum Gasteiger partial charge on any atom is -0.497 e. The van der Waals surface area contributed by atoms with Gasteiger partial charge in [-0.05, 0) is 6.42 Å². The third-order valence-electron chi connectivity index (χ3n) is 4.99. The summed E-state index contributed by atoms with van der Waals surface area (Å²) in [5, 5.41) is 10.9. The number of hydrogen-bond donors (Lipinski definition) is 1. The first-order chi connectivity index (χ1) is 13.5. The van der Waals surface area contributed by atoms with Crippen LogP contribution in [0.4, 0.5) is 5.69 Å². The van der Waals surface area contributed by atoms with Crippen LogP contribution in [0.5, 0.6) is 11.5 Å². The Balaban J connectivity index is 1.56. The Morgan fingerprint density at radius 2 is 1.96 bits per heavy atom. The molecule has 1 aromatic rings. The molecule has 1 fully saturated rings. The molecular weight excluding hydrogens is 360 g/mol. The summed E-state index contributed by atoms with van der Waals surface area (Å²) in [4.78, 5) is 26.7. The number of anilines is 1. The van der Waals surface area contributed by atoms with Gasteiger partial charge in [-0.2, -0.15) is 10.2 Å². The monoisotopic (exact) mass is 384 g/mol. The Hall–Kier alpha value is -3.08. The fourth-order valence-corrected chi connectivity index (χ4v) is 3.27. The molecule has 8 nitrogen and oxygen atoms in total. The first-order valence-corrected chi connectivity index (χ1v) is 9.21. The number of benzene rings is 1. The molecule has 2 amide bonds. The van der Waals surface area contributed by atoms with Gasteiger partial charge in [-0.15, -0.1) is 12.3 Å². The number of amides is 2. The summed E-state index contributed by atoms with van der Waals surface area (Å²) in [7, 11) is 3.12. The average molecular weight is 384 g/mol. The largest absolute Gasteiger partial charge is 0.497 e. The molecule has 2 aliphatic rings. The van der Waals surface area contributed by atoms with E-state index in [4.69, 9.17) is 15.9 Å². The van der Waals surface area contributed by atoms with Gasteiger partial charge in [0.1, 0.15) is 17.5 Å². The normalized spacial score (nSPS) is 19.2. The van der Waals surface area contributed by atoms with Crippen LogP contribution in [0, 0.1) is 12.3 Å². The number of rotatable bonds is 9. The zero-order valence-electron chi connectivity index (χ0n) is 16.1. The standard InChI is InChI=1S/C20H24N4O4/c1-4-5-8-20(22-23-20)9-6-18(25)21-17-7-10-24(19(17)26)14-11-15(27-2)13-16(12-14)28-3/h1,11-13,17H,5-10H2,2-3H3,(H,21,25). The van der Waals surface area contributed by atoms with Crippen molar-refractivity contribution in [1.29, 1.82) is 0 Å². The smallest absolute Gasteiger partial charge is 0.249 e. The molecule has 0 radical (unpaired) electrons. The number of nitrogens with zero attached hydrogens (tertiary/aromatic N) is 3. The van der Waals surface area contributed by atoms with Crippen LogP contribution in [0.2, 0.25) is 0 Å². The maximum absolute atomic E-state index is 12.8. The van der Waals surface area contributed by atoms with Gasteiger partial charge >= 0.3 is 0 Å². The Morgan fingerprint density at radius 3 is 2.54 bits per heavy atom. The summed E-state index contributed by atoms with van der Waals surface area (Å²) in [6.07, 6.45) is 7.82. The maximum atomic E-state index is 12.8. The molecule has 1 saturated heterocycles. The summed E-state index contributed by atoms with van der Waals surface area (Å²) in [6, 6.07) is 4.75. The Kier molecular flexibility index (Phi) is 5.83. The van der Waals surface area contributed by atoms with E-state index in [9.17, 15) is 9.59 Å². The van der Waals surface area contributed by atoms with Crippen molar-refractivity contribution < 1.29 is 19.1 Å². The molecular formula is C20H24N4O4. The SMILES string of the molecule is C#CCCC1(CCC(=O)NC2CCN(c3cc(OC)cc(OC)c3)C2=O)N=N1. The van der Waals surface area contributed by atoms with Crippen LogP contribution >= 0.6 is 0 Å². The van der Waals surface area contributed by atoms with Crippen molar-refractivity contribution in [1.82, 2.24) is 5.32 Å². The third-order valence-corrected chi connectivity index (χ3v) is 4.99. The van der Waals surface area contributed by atoms with Gasteiger partial charge in [-0.3, -0.25) is 9.59 Å². The van der Waals surface area contributed by atoms with Gasteiger partial charge in [-0.1, -0.05) is 0 Å². The molecule has 1 atom stereocenters. The van der Waals surface area contributed by atoms with Crippen molar-refractivity contribution >= 4 is 17.5 Å². The highest BCUT2D eigenvalue weighted by molar-refractivity contribution is 6.01. The van der Waals surface area contributed by atoms with Gasteiger partial charge in [-0.25, -0.2) is 0 Å². The molecule has 0 saturated carbocycles. The van der Waals surface area contributed by atoms with Crippen LogP contribution in [-0.2, 0) is 9.59 Å². The Labute approximate surface area is 164 Å². The quantitative estimate of drug-likeness (QED) is 0.661. The molecule has 1 unspecified atom stereocenters. The summed E-state index contributed by atoms with van der Waals surface area (Å²) >= 11 is 0. The van der Waals surface area contributed by atoms with E-state index in [1.807, 2.05) is 0 Å². The molecule has 0 aromatic heterocycles. The minimum atomic E-state index is -0.542.